The first-order valence-corrected chi connectivity index (χ1v) is 10.7. The van der Waals surface area contributed by atoms with Crippen molar-refractivity contribution < 1.29 is 9.53 Å². The Morgan fingerprint density at radius 3 is 1.90 bits per heavy atom. The van der Waals surface area contributed by atoms with E-state index in [4.69, 9.17) is 4.74 Å². The van der Waals surface area contributed by atoms with Gasteiger partial charge in [0.15, 0.2) is 0 Å². The average Bonchev–Trinajstić information content (AvgIpc) is 2.48. The van der Waals surface area contributed by atoms with Crippen molar-refractivity contribution in [1.82, 2.24) is 0 Å². The van der Waals surface area contributed by atoms with Gasteiger partial charge in [0.25, 0.3) is 0 Å². The maximum absolute atomic E-state index is 11.4. The molecule has 0 saturated heterocycles. The number of methoxy groups -OCH3 is 1. The van der Waals surface area contributed by atoms with E-state index in [0.29, 0.717) is 0 Å². The predicted octanol–water partition coefficient (Wildman–Crippen LogP) is 5.11. The van der Waals surface area contributed by atoms with E-state index in [9.17, 15) is 4.79 Å². The van der Waals surface area contributed by atoms with Crippen molar-refractivity contribution in [3.8, 4) is 0 Å². The Bertz CT molecular complexity index is 262. The first kappa shape index (κ1) is 19.7. The van der Waals surface area contributed by atoms with E-state index in [0.717, 1.165) is 10.9 Å². The molecule has 0 N–H and O–H groups in total. The quantitative estimate of drug-likeness (QED) is 0.200. The summed E-state index contributed by atoms with van der Waals surface area (Å²) >= 11 is 0.242. The molecule has 0 aliphatic carbocycles. The van der Waals surface area contributed by atoms with E-state index in [2.05, 4.69) is 18.8 Å². The molecule has 0 aliphatic rings. The molecule has 118 valence electrons. The molecule has 0 heterocycles. The van der Waals surface area contributed by atoms with Crippen molar-refractivity contribution in [2.24, 2.45) is 0 Å². The van der Waals surface area contributed by atoms with Crippen LogP contribution in [0.1, 0.15) is 77.6 Å². The molecule has 0 amide bonds. The summed E-state index contributed by atoms with van der Waals surface area (Å²) in [4.78, 5) is 11.4. The summed E-state index contributed by atoms with van der Waals surface area (Å²) in [6, 6.07) is 0. The molecule has 0 rings (SSSR count). The average molecular weight is 347 g/mol. The van der Waals surface area contributed by atoms with Crippen LogP contribution in [0.15, 0.2) is 10.5 Å². The zero-order chi connectivity index (χ0) is 15.1. The number of carbonyl (C=O) groups excluding carboxylic acids is 1. The van der Waals surface area contributed by atoms with Crippen LogP contribution in [0.5, 0.6) is 0 Å². The van der Waals surface area contributed by atoms with E-state index >= 15 is 0 Å². The van der Waals surface area contributed by atoms with Gasteiger partial charge in [-0.25, -0.2) is 0 Å². The molecule has 0 aliphatic heterocycles. The fourth-order valence-corrected chi connectivity index (χ4v) is 3.34. The zero-order valence-electron chi connectivity index (χ0n) is 13.6. The van der Waals surface area contributed by atoms with E-state index < -0.39 is 0 Å². The minimum atomic E-state index is -0.139. The van der Waals surface area contributed by atoms with Gasteiger partial charge in [0.1, 0.15) is 0 Å². The van der Waals surface area contributed by atoms with Crippen LogP contribution in [0.25, 0.3) is 0 Å². The Kier molecular flexibility index (Phi) is 14.9. The van der Waals surface area contributed by atoms with Crippen LogP contribution in [0, 0.1) is 0 Å². The summed E-state index contributed by atoms with van der Waals surface area (Å²) in [6.45, 7) is 2.26. The maximum atomic E-state index is 11.4. The SMILES string of the molecule is CCCCCCCCCCCC/C=C(/[Se]C)C(=O)OC. The van der Waals surface area contributed by atoms with Gasteiger partial charge in [0.2, 0.25) is 0 Å². The van der Waals surface area contributed by atoms with Gasteiger partial charge in [-0.3, -0.25) is 0 Å². The molecule has 0 radical (unpaired) electrons. The Hall–Kier alpha value is -0.271. The van der Waals surface area contributed by atoms with Crippen LogP contribution >= 0.6 is 0 Å². The van der Waals surface area contributed by atoms with Crippen LogP contribution in [0.3, 0.4) is 0 Å². The van der Waals surface area contributed by atoms with Crippen molar-refractivity contribution >= 4 is 20.9 Å². The summed E-state index contributed by atoms with van der Waals surface area (Å²) in [5.74, 6) is 1.92. The minimum absolute atomic E-state index is 0.139. The molecule has 0 fully saturated rings. The summed E-state index contributed by atoms with van der Waals surface area (Å²) in [6.07, 6.45) is 16.7. The first-order chi connectivity index (χ1) is 9.76. The van der Waals surface area contributed by atoms with Gasteiger partial charge < -0.3 is 0 Å². The molecular weight excluding hydrogens is 315 g/mol. The van der Waals surface area contributed by atoms with Crippen molar-refractivity contribution in [3.05, 3.63) is 10.5 Å². The van der Waals surface area contributed by atoms with Crippen LogP contribution in [0.2, 0.25) is 5.82 Å². The van der Waals surface area contributed by atoms with Gasteiger partial charge in [0.05, 0.1) is 0 Å². The molecule has 0 aromatic heterocycles. The number of hydrogen-bond acceptors (Lipinski definition) is 2. The fourth-order valence-electron chi connectivity index (χ4n) is 2.22. The Balaban J connectivity index is 3.39. The first-order valence-electron chi connectivity index (χ1n) is 8.08. The number of carbonyl (C=O) groups is 1. The van der Waals surface area contributed by atoms with Crippen LogP contribution in [-0.4, -0.2) is 28.0 Å². The molecule has 2 nitrogen and oxygen atoms in total. The second kappa shape index (κ2) is 15.1. The fraction of sp³-hybridized carbons (Fsp3) is 0.824. The summed E-state index contributed by atoms with van der Waals surface area (Å²) in [7, 11) is 1.46. The second-order valence-electron chi connectivity index (χ2n) is 5.23. The molecule has 0 aromatic rings. The molecule has 3 heteroatoms. The number of allylic oxidation sites excluding steroid dienone is 1. The third kappa shape index (κ3) is 11.5. The molecule has 0 aromatic carbocycles. The number of hydrogen-bond donors (Lipinski definition) is 0. The third-order valence-electron chi connectivity index (χ3n) is 3.49. The van der Waals surface area contributed by atoms with Crippen molar-refractivity contribution in [2.45, 2.75) is 83.4 Å². The predicted molar refractivity (Wildman–Crippen MR) is 88.2 cm³/mol. The summed E-state index contributed by atoms with van der Waals surface area (Å²) in [5.41, 5.74) is 0. The van der Waals surface area contributed by atoms with Gasteiger partial charge in [-0.15, -0.1) is 0 Å². The molecule has 0 atom stereocenters. The third-order valence-corrected chi connectivity index (χ3v) is 5.12. The number of rotatable bonds is 13. The van der Waals surface area contributed by atoms with Crippen molar-refractivity contribution in [1.29, 1.82) is 0 Å². The van der Waals surface area contributed by atoms with E-state index in [1.165, 1.54) is 71.3 Å². The van der Waals surface area contributed by atoms with Crippen molar-refractivity contribution in [3.63, 3.8) is 0 Å². The van der Waals surface area contributed by atoms with Crippen LogP contribution in [-0.2, 0) is 9.53 Å². The van der Waals surface area contributed by atoms with Gasteiger partial charge in [-0.1, -0.05) is 13.3 Å². The summed E-state index contributed by atoms with van der Waals surface area (Å²) < 4.78 is 5.65. The van der Waals surface area contributed by atoms with Gasteiger partial charge in [-0.05, 0) is 0 Å². The molecule has 0 spiro atoms. The monoisotopic (exact) mass is 348 g/mol. The number of esters is 1. The standard InChI is InChI=1S/C17H32O2Se/c1-4-5-6-7-8-9-10-11-12-13-14-15-16(20-3)17(18)19-2/h15H,4-14H2,1-3H3/b16-15+. The molecule has 0 saturated carbocycles. The Morgan fingerprint density at radius 2 is 1.45 bits per heavy atom. The zero-order valence-corrected chi connectivity index (χ0v) is 15.3. The molecule has 0 bridgehead atoms. The van der Waals surface area contributed by atoms with Gasteiger partial charge >= 0.3 is 118 Å². The van der Waals surface area contributed by atoms with Crippen molar-refractivity contribution in [2.75, 3.05) is 7.11 Å². The topological polar surface area (TPSA) is 26.3 Å². The van der Waals surface area contributed by atoms with Crippen LogP contribution < -0.4 is 0 Å². The van der Waals surface area contributed by atoms with E-state index in [1.807, 2.05) is 0 Å². The Morgan fingerprint density at radius 1 is 0.950 bits per heavy atom. The second-order valence-corrected chi connectivity index (χ2v) is 7.01. The van der Waals surface area contributed by atoms with E-state index in [1.54, 1.807) is 0 Å². The van der Waals surface area contributed by atoms with Gasteiger partial charge in [0, 0.05) is 0 Å². The van der Waals surface area contributed by atoms with E-state index in [-0.39, 0.29) is 20.9 Å². The number of unbranched alkanes of at least 4 members (excludes halogenated alkanes) is 10. The molecule has 0 unspecified atom stereocenters. The number of ether oxygens (including phenoxy) is 1. The summed E-state index contributed by atoms with van der Waals surface area (Å²) in [5, 5.41) is 0. The normalized spacial score (nSPS) is 11.7. The Labute approximate surface area is 131 Å². The van der Waals surface area contributed by atoms with Gasteiger partial charge in [-0.2, -0.15) is 0 Å². The molecule has 20 heavy (non-hydrogen) atoms. The molecular formula is C17H32O2Se. The van der Waals surface area contributed by atoms with Crippen LogP contribution in [0.4, 0.5) is 0 Å².